The molecule has 0 saturated heterocycles. The number of hydrogen-bond donors (Lipinski definition) is 0. The van der Waals surface area contributed by atoms with Crippen LogP contribution in [0.3, 0.4) is 0 Å². The van der Waals surface area contributed by atoms with Crippen molar-refractivity contribution >= 4 is 43.6 Å². The second-order valence-corrected chi connectivity index (χ2v) is 5.09. The fourth-order valence-corrected chi connectivity index (χ4v) is 2.63. The molecule has 0 aliphatic heterocycles. The lowest BCUT2D eigenvalue weighted by atomic mass is 10.3. The molecule has 0 spiro atoms. The molecule has 0 heterocycles. The van der Waals surface area contributed by atoms with Crippen LogP contribution in [-0.2, 0) is 0 Å². The molecule has 0 aliphatic rings. The molecule has 0 aliphatic carbocycles. The Morgan fingerprint density at radius 3 is 2.50 bits per heavy atom. The van der Waals surface area contributed by atoms with Gasteiger partial charge in [-0.15, -0.1) is 11.8 Å². The van der Waals surface area contributed by atoms with E-state index in [-0.39, 0.29) is 5.82 Å². The molecule has 0 unspecified atom stereocenters. The molecule has 0 aromatic heterocycles. The minimum absolute atomic E-state index is 0.184. The van der Waals surface area contributed by atoms with Crippen LogP contribution >= 0.6 is 43.6 Å². The van der Waals surface area contributed by atoms with E-state index in [1.165, 1.54) is 11.8 Å². The normalized spacial score (nSPS) is 10.3. The number of benzene rings is 1. The van der Waals surface area contributed by atoms with E-state index in [1.807, 2.05) is 13.0 Å². The maximum atomic E-state index is 13.4. The summed E-state index contributed by atoms with van der Waals surface area (Å²) in [6.45, 7) is 2.00. The fraction of sp³-hybridized carbons (Fsp3) is 0.250. The van der Waals surface area contributed by atoms with Crippen LogP contribution in [0.2, 0.25) is 0 Å². The van der Waals surface area contributed by atoms with E-state index in [2.05, 4.69) is 31.9 Å². The number of halogens is 3. The van der Waals surface area contributed by atoms with Crippen LogP contribution < -0.4 is 0 Å². The van der Waals surface area contributed by atoms with Gasteiger partial charge in [-0.25, -0.2) is 4.39 Å². The van der Waals surface area contributed by atoms with Crippen molar-refractivity contribution in [3.05, 3.63) is 26.9 Å². The molecular formula is C8H7Br2FS. The lowest BCUT2D eigenvalue weighted by Crippen LogP contribution is -1.85. The van der Waals surface area contributed by atoms with Gasteiger partial charge < -0.3 is 0 Å². The van der Waals surface area contributed by atoms with Gasteiger partial charge in [-0.3, -0.25) is 0 Å². The van der Waals surface area contributed by atoms with Crippen LogP contribution in [0.1, 0.15) is 6.92 Å². The topological polar surface area (TPSA) is 0 Å². The Labute approximate surface area is 92.2 Å². The van der Waals surface area contributed by atoms with Gasteiger partial charge in [0.1, 0.15) is 0 Å². The van der Waals surface area contributed by atoms with Gasteiger partial charge in [-0.05, 0) is 49.7 Å². The van der Waals surface area contributed by atoms with E-state index in [1.54, 1.807) is 6.07 Å². The van der Waals surface area contributed by atoms with Crippen LogP contribution in [0.4, 0.5) is 4.39 Å². The Hall–Kier alpha value is 0.460. The minimum Gasteiger partial charge on any atom is -0.204 e. The van der Waals surface area contributed by atoms with Crippen molar-refractivity contribution in [1.29, 1.82) is 0 Å². The van der Waals surface area contributed by atoms with Gasteiger partial charge in [-0.1, -0.05) is 6.92 Å². The summed E-state index contributed by atoms with van der Waals surface area (Å²) < 4.78 is 14.7. The maximum Gasteiger partial charge on any atom is 0.152 e. The molecule has 0 bridgehead atoms. The summed E-state index contributed by atoms with van der Waals surface area (Å²) in [4.78, 5) is 0.673. The molecule has 0 nitrogen and oxygen atoms in total. The molecule has 0 saturated carbocycles. The highest BCUT2D eigenvalue weighted by Gasteiger charge is 2.09. The van der Waals surface area contributed by atoms with E-state index in [4.69, 9.17) is 0 Å². The maximum absolute atomic E-state index is 13.4. The quantitative estimate of drug-likeness (QED) is 0.573. The zero-order valence-corrected chi connectivity index (χ0v) is 10.4. The Kier molecular flexibility index (Phi) is 4.06. The van der Waals surface area contributed by atoms with E-state index in [0.717, 1.165) is 10.2 Å². The Morgan fingerprint density at radius 2 is 1.92 bits per heavy atom. The molecule has 0 atom stereocenters. The Bertz CT molecular complexity index is 289. The van der Waals surface area contributed by atoms with Crippen LogP contribution in [0.15, 0.2) is 26.0 Å². The first-order valence-electron chi connectivity index (χ1n) is 3.43. The highest BCUT2D eigenvalue weighted by molar-refractivity contribution is 9.11. The standard InChI is InChI=1S/C8H7Br2FS/c1-2-12-8-6(10)4-3-5(9)7(8)11/h3-4H,2H2,1H3. The molecule has 66 valence electrons. The summed E-state index contributed by atoms with van der Waals surface area (Å²) in [6, 6.07) is 3.53. The van der Waals surface area contributed by atoms with Crippen LogP contribution in [-0.4, -0.2) is 5.75 Å². The summed E-state index contributed by atoms with van der Waals surface area (Å²) in [5.74, 6) is 0.683. The number of thioether (sulfide) groups is 1. The van der Waals surface area contributed by atoms with Gasteiger partial charge in [0.15, 0.2) is 5.82 Å². The zero-order chi connectivity index (χ0) is 9.14. The van der Waals surface area contributed by atoms with E-state index in [9.17, 15) is 4.39 Å². The predicted octanol–water partition coefficient (Wildman–Crippen LogP) is 4.46. The highest BCUT2D eigenvalue weighted by Crippen LogP contribution is 2.33. The molecule has 4 heteroatoms. The first-order valence-corrected chi connectivity index (χ1v) is 6.00. The lowest BCUT2D eigenvalue weighted by molar-refractivity contribution is 0.593. The smallest absolute Gasteiger partial charge is 0.152 e. The first kappa shape index (κ1) is 10.5. The minimum atomic E-state index is -0.184. The first-order chi connectivity index (χ1) is 5.66. The molecule has 12 heavy (non-hydrogen) atoms. The van der Waals surface area contributed by atoms with Gasteiger partial charge in [0, 0.05) is 4.47 Å². The largest absolute Gasteiger partial charge is 0.204 e. The van der Waals surface area contributed by atoms with Gasteiger partial charge in [0.05, 0.1) is 9.37 Å². The van der Waals surface area contributed by atoms with Crippen molar-refractivity contribution in [2.24, 2.45) is 0 Å². The van der Waals surface area contributed by atoms with Crippen molar-refractivity contribution in [3.8, 4) is 0 Å². The monoisotopic (exact) mass is 312 g/mol. The summed E-state index contributed by atoms with van der Waals surface area (Å²) in [6.07, 6.45) is 0. The third-order valence-corrected chi connectivity index (χ3v) is 3.80. The number of rotatable bonds is 2. The van der Waals surface area contributed by atoms with Crippen LogP contribution in [0, 0.1) is 5.82 Å². The molecular weight excluding hydrogens is 307 g/mol. The molecule has 1 rings (SSSR count). The van der Waals surface area contributed by atoms with E-state index >= 15 is 0 Å². The molecule has 0 fully saturated rings. The summed E-state index contributed by atoms with van der Waals surface area (Å²) in [5.41, 5.74) is 0. The van der Waals surface area contributed by atoms with Crippen molar-refractivity contribution in [3.63, 3.8) is 0 Å². The van der Waals surface area contributed by atoms with Gasteiger partial charge in [0.25, 0.3) is 0 Å². The molecule has 1 aromatic rings. The second kappa shape index (κ2) is 4.63. The highest BCUT2D eigenvalue weighted by atomic mass is 79.9. The van der Waals surface area contributed by atoms with Gasteiger partial charge in [-0.2, -0.15) is 0 Å². The van der Waals surface area contributed by atoms with Crippen molar-refractivity contribution in [2.75, 3.05) is 5.75 Å². The molecule has 0 amide bonds. The fourth-order valence-electron chi connectivity index (χ4n) is 0.785. The molecule has 0 radical (unpaired) electrons. The summed E-state index contributed by atoms with van der Waals surface area (Å²) in [5, 5.41) is 0. The molecule has 0 N–H and O–H groups in total. The SMILES string of the molecule is CCSc1c(Br)ccc(Br)c1F. The van der Waals surface area contributed by atoms with Crippen molar-refractivity contribution < 1.29 is 4.39 Å². The van der Waals surface area contributed by atoms with Crippen LogP contribution in [0.25, 0.3) is 0 Å². The Balaban J connectivity index is 3.14. The average Bonchev–Trinajstić information content (AvgIpc) is 2.06. The van der Waals surface area contributed by atoms with E-state index in [0.29, 0.717) is 9.37 Å². The van der Waals surface area contributed by atoms with Gasteiger partial charge in [0.2, 0.25) is 0 Å². The lowest BCUT2D eigenvalue weighted by Gasteiger charge is -2.04. The average molecular weight is 314 g/mol. The molecule has 1 aromatic carbocycles. The van der Waals surface area contributed by atoms with Crippen molar-refractivity contribution in [2.45, 2.75) is 11.8 Å². The van der Waals surface area contributed by atoms with E-state index < -0.39 is 0 Å². The Morgan fingerprint density at radius 1 is 1.33 bits per heavy atom. The predicted molar refractivity (Wildman–Crippen MR) is 58.2 cm³/mol. The third kappa shape index (κ3) is 2.24. The summed E-state index contributed by atoms with van der Waals surface area (Å²) in [7, 11) is 0. The van der Waals surface area contributed by atoms with Gasteiger partial charge >= 0.3 is 0 Å². The zero-order valence-electron chi connectivity index (χ0n) is 6.40. The van der Waals surface area contributed by atoms with Crippen molar-refractivity contribution in [1.82, 2.24) is 0 Å². The van der Waals surface area contributed by atoms with Crippen LogP contribution in [0.5, 0.6) is 0 Å². The second-order valence-electron chi connectivity index (χ2n) is 2.11. The summed E-state index contributed by atoms with van der Waals surface area (Å²) >= 11 is 7.93. The third-order valence-electron chi connectivity index (χ3n) is 1.29. The number of hydrogen-bond acceptors (Lipinski definition) is 1.